The predicted octanol–water partition coefficient (Wildman–Crippen LogP) is 1.90. The van der Waals surface area contributed by atoms with E-state index in [0.29, 0.717) is 6.54 Å². The maximum Gasteiger partial charge on any atom is 0.244 e. The van der Waals surface area contributed by atoms with E-state index in [1.54, 1.807) is 6.08 Å². The normalized spacial score (nSPS) is 12.7. The zero-order chi connectivity index (χ0) is 12.0. The van der Waals surface area contributed by atoms with Gasteiger partial charge in [0.25, 0.3) is 0 Å². The van der Waals surface area contributed by atoms with Gasteiger partial charge in [0, 0.05) is 6.54 Å². The SMILES string of the molecule is C/C=C/C(=O)NC(C)c1cccc(CN)c1. The molecular formula is C13H18N2O. The summed E-state index contributed by atoms with van der Waals surface area (Å²) in [5.74, 6) is -0.0758. The average Bonchev–Trinajstić information content (AvgIpc) is 2.29. The fourth-order valence-electron chi connectivity index (χ4n) is 1.49. The van der Waals surface area contributed by atoms with Crippen molar-refractivity contribution in [3.05, 3.63) is 47.5 Å². The number of carbonyl (C=O) groups excluding carboxylic acids is 1. The number of allylic oxidation sites excluding steroid dienone is 1. The van der Waals surface area contributed by atoms with E-state index in [-0.39, 0.29) is 11.9 Å². The molecule has 1 aromatic carbocycles. The molecule has 1 rings (SSSR count). The third-order valence-corrected chi connectivity index (χ3v) is 2.36. The first-order valence-corrected chi connectivity index (χ1v) is 5.39. The lowest BCUT2D eigenvalue weighted by molar-refractivity contribution is -0.117. The number of amides is 1. The standard InChI is InChI=1S/C13H18N2O/c1-3-5-13(16)15-10(2)12-7-4-6-11(8-12)9-14/h3-8,10H,9,14H2,1-2H3,(H,15,16)/b5-3+. The molecule has 0 bridgehead atoms. The molecule has 0 saturated carbocycles. The van der Waals surface area contributed by atoms with Crippen LogP contribution in [0.2, 0.25) is 0 Å². The molecule has 0 fully saturated rings. The first-order valence-electron chi connectivity index (χ1n) is 5.39. The molecule has 86 valence electrons. The molecule has 3 nitrogen and oxygen atoms in total. The van der Waals surface area contributed by atoms with Crippen molar-refractivity contribution in [3.8, 4) is 0 Å². The van der Waals surface area contributed by atoms with Crippen LogP contribution in [0, 0.1) is 0 Å². The fraction of sp³-hybridized carbons (Fsp3) is 0.308. The van der Waals surface area contributed by atoms with Crippen LogP contribution in [0.15, 0.2) is 36.4 Å². The van der Waals surface area contributed by atoms with Crippen LogP contribution in [0.1, 0.15) is 31.0 Å². The van der Waals surface area contributed by atoms with Crippen LogP contribution in [0.4, 0.5) is 0 Å². The highest BCUT2D eigenvalue weighted by molar-refractivity contribution is 5.87. The molecule has 0 heterocycles. The van der Waals surface area contributed by atoms with Crippen LogP contribution < -0.4 is 11.1 Å². The molecule has 0 aliphatic heterocycles. The minimum atomic E-state index is -0.0758. The van der Waals surface area contributed by atoms with Crippen molar-refractivity contribution in [1.29, 1.82) is 0 Å². The second-order valence-electron chi connectivity index (χ2n) is 3.68. The van der Waals surface area contributed by atoms with Crippen molar-refractivity contribution in [2.75, 3.05) is 0 Å². The maximum absolute atomic E-state index is 11.4. The minimum Gasteiger partial charge on any atom is -0.346 e. The van der Waals surface area contributed by atoms with Gasteiger partial charge in [-0.05, 0) is 31.1 Å². The summed E-state index contributed by atoms with van der Waals surface area (Å²) in [5, 5.41) is 2.88. The number of nitrogens with one attached hydrogen (secondary N) is 1. The Labute approximate surface area is 96.3 Å². The minimum absolute atomic E-state index is 0.00444. The lowest BCUT2D eigenvalue weighted by Crippen LogP contribution is -2.24. The number of rotatable bonds is 4. The van der Waals surface area contributed by atoms with Gasteiger partial charge in [0.1, 0.15) is 0 Å². The summed E-state index contributed by atoms with van der Waals surface area (Å²) in [7, 11) is 0. The summed E-state index contributed by atoms with van der Waals surface area (Å²) in [6.45, 7) is 4.29. The zero-order valence-electron chi connectivity index (χ0n) is 9.73. The molecule has 0 aromatic heterocycles. The van der Waals surface area contributed by atoms with E-state index >= 15 is 0 Å². The maximum atomic E-state index is 11.4. The molecule has 16 heavy (non-hydrogen) atoms. The molecule has 0 saturated heterocycles. The van der Waals surface area contributed by atoms with Gasteiger partial charge < -0.3 is 11.1 Å². The molecule has 0 aliphatic rings. The average molecular weight is 218 g/mol. The Balaban J connectivity index is 2.72. The van der Waals surface area contributed by atoms with Crippen LogP contribution in [0.5, 0.6) is 0 Å². The topological polar surface area (TPSA) is 55.1 Å². The van der Waals surface area contributed by atoms with Gasteiger partial charge in [0.2, 0.25) is 5.91 Å². The highest BCUT2D eigenvalue weighted by Gasteiger charge is 2.07. The molecule has 1 atom stereocenters. The Hall–Kier alpha value is -1.61. The zero-order valence-corrected chi connectivity index (χ0v) is 9.73. The van der Waals surface area contributed by atoms with E-state index in [1.807, 2.05) is 38.1 Å². The third-order valence-electron chi connectivity index (χ3n) is 2.36. The first kappa shape index (κ1) is 12.5. The fourth-order valence-corrected chi connectivity index (χ4v) is 1.49. The molecule has 1 unspecified atom stereocenters. The van der Waals surface area contributed by atoms with E-state index in [4.69, 9.17) is 5.73 Å². The summed E-state index contributed by atoms with van der Waals surface area (Å²) >= 11 is 0. The number of hydrogen-bond acceptors (Lipinski definition) is 2. The summed E-state index contributed by atoms with van der Waals surface area (Å²) in [6.07, 6.45) is 3.24. The van der Waals surface area contributed by atoms with Gasteiger partial charge in [-0.2, -0.15) is 0 Å². The van der Waals surface area contributed by atoms with Crippen LogP contribution in [-0.2, 0) is 11.3 Å². The van der Waals surface area contributed by atoms with Gasteiger partial charge in [-0.15, -0.1) is 0 Å². The van der Waals surface area contributed by atoms with Crippen LogP contribution in [0.25, 0.3) is 0 Å². The molecule has 1 aromatic rings. The largest absolute Gasteiger partial charge is 0.346 e. The van der Waals surface area contributed by atoms with E-state index in [0.717, 1.165) is 11.1 Å². The summed E-state index contributed by atoms with van der Waals surface area (Å²) < 4.78 is 0. The number of carbonyl (C=O) groups is 1. The highest BCUT2D eigenvalue weighted by atomic mass is 16.1. The van der Waals surface area contributed by atoms with Crippen molar-refractivity contribution < 1.29 is 4.79 Å². The Morgan fingerprint density at radius 2 is 2.31 bits per heavy atom. The number of hydrogen-bond donors (Lipinski definition) is 2. The number of benzene rings is 1. The molecule has 0 spiro atoms. The quantitative estimate of drug-likeness (QED) is 0.758. The van der Waals surface area contributed by atoms with Crippen LogP contribution >= 0.6 is 0 Å². The molecular weight excluding hydrogens is 200 g/mol. The molecule has 0 aliphatic carbocycles. The Morgan fingerprint density at radius 3 is 2.94 bits per heavy atom. The summed E-state index contributed by atoms with van der Waals surface area (Å²) in [6, 6.07) is 7.93. The van der Waals surface area contributed by atoms with Gasteiger partial charge in [-0.25, -0.2) is 0 Å². The highest BCUT2D eigenvalue weighted by Crippen LogP contribution is 2.13. The van der Waals surface area contributed by atoms with E-state index < -0.39 is 0 Å². The van der Waals surface area contributed by atoms with Gasteiger partial charge >= 0.3 is 0 Å². The lowest BCUT2D eigenvalue weighted by atomic mass is 10.1. The lowest BCUT2D eigenvalue weighted by Gasteiger charge is -2.13. The second-order valence-corrected chi connectivity index (χ2v) is 3.68. The molecule has 3 heteroatoms. The Kier molecular flexibility index (Phi) is 4.73. The van der Waals surface area contributed by atoms with Gasteiger partial charge in [0.15, 0.2) is 0 Å². The van der Waals surface area contributed by atoms with E-state index in [9.17, 15) is 4.79 Å². The van der Waals surface area contributed by atoms with Crippen molar-refractivity contribution >= 4 is 5.91 Å². The van der Waals surface area contributed by atoms with Gasteiger partial charge in [0.05, 0.1) is 6.04 Å². The summed E-state index contributed by atoms with van der Waals surface area (Å²) in [5.41, 5.74) is 7.71. The first-order chi connectivity index (χ1) is 7.67. The van der Waals surface area contributed by atoms with Crippen LogP contribution in [0.3, 0.4) is 0 Å². The van der Waals surface area contributed by atoms with Crippen molar-refractivity contribution in [2.45, 2.75) is 26.4 Å². The molecule has 1 amide bonds. The monoisotopic (exact) mass is 218 g/mol. The van der Waals surface area contributed by atoms with Crippen molar-refractivity contribution in [2.24, 2.45) is 5.73 Å². The summed E-state index contributed by atoms with van der Waals surface area (Å²) in [4.78, 5) is 11.4. The second kappa shape index (κ2) is 6.08. The van der Waals surface area contributed by atoms with Gasteiger partial charge in [-0.3, -0.25) is 4.79 Å². The predicted molar refractivity (Wildman–Crippen MR) is 65.7 cm³/mol. The Bertz CT molecular complexity index is 385. The van der Waals surface area contributed by atoms with E-state index in [1.165, 1.54) is 6.08 Å². The van der Waals surface area contributed by atoms with Crippen molar-refractivity contribution in [3.63, 3.8) is 0 Å². The van der Waals surface area contributed by atoms with Crippen LogP contribution in [-0.4, -0.2) is 5.91 Å². The van der Waals surface area contributed by atoms with E-state index in [2.05, 4.69) is 5.32 Å². The number of nitrogens with two attached hydrogens (primary N) is 1. The Morgan fingerprint density at radius 1 is 1.56 bits per heavy atom. The molecule has 3 N–H and O–H groups in total. The van der Waals surface area contributed by atoms with Crippen molar-refractivity contribution in [1.82, 2.24) is 5.32 Å². The third kappa shape index (κ3) is 3.51. The smallest absolute Gasteiger partial charge is 0.244 e. The van der Waals surface area contributed by atoms with Gasteiger partial charge in [-0.1, -0.05) is 30.3 Å². The molecule has 0 radical (unpaired) electrons.